The first kappa shape index (κ1) is 86.7. The number of Topliss-reactive ketones (excluding diaryl/α,β-unsaturated/α-hetero) is 4. The van der Waals surface area contributed by atoms with Gasteiger partial charge in [-0.05, 0) is 121 Å². The molecule has 2 aromatic carbocycles. The number of fused-ring (bicyclic) bond motifs is 8. The van der Waals surface area contributed by atoms with E-state index in [4.69, 9.17) is 37.4 Å². The average molecular weight is 1710 g/mol. The van der Waals surface area contributed by atoms with Crippen LogP contribution in [0.5, 0.6) is 0 Å². The van der Waals surface area contributed by atoms with Crippen molar-refractivity contribution in [2.24, 2.45) is 0 Å². The van der Waals surface area contributed by atoms with E-state index in [-0.39, 0.29) is 188 Å². The summed E-state index contributed by atoms with van der Waals surface area (Å²) in [5.41, 5.74) is 7.11. The van der Waals surface area contributed by atoms with E-state index in [0.29, 0.717) is 143 Å². The van der Waals surface area contributed by atoms with Crippen LogP contribution in [0.15, 0.2) is 97.8 Å². The number of carbonyl (C=O) groups is 8. The molecule has 13 aliphatic rings. The largest absolute Gasteiger partial charge is 0.372 e. The quantitative estimate of drug-likeness (QED) is 0.0719. The number of carbonyl (C=O) groups excluding carboxylic acids is 8. The number of alkyl halides is 6. The smallest absolute Gasteiger partial charge is 0.320 e. The Bertz CT molecular complexity index is 5290. The van der Waals surface area contributed by atoms with Gasteiger partial charge in [0.1, 0.15) is 22.9 Å². The Balaban J connectivity index is 0.000000135. The summed E-state index contributed by atoms with van der Waals surface area (Å²) in [6.07, 6.45) is 17.0. The molecule has 6 bridgehead atoms. The highest BCUT2D eigenvalue weighted by atomic mass is 35.5. The number of imidazole rings is 2. The number of likely N-dealkylation sites (tertiary alicyclic amines) is 4. The van der Waals surface area contributed by atoms with Crippen molar-refractivity contribution in [3.8, 4) is 0 Å². The van der Waals surface area contributed by atoms with Crippen LogP contribution in [0.25, 0.3) is 55.4 Å². The van der Waals surface area contributed by atoms with Gasteiger partial charge in [-0.1, -0.05) is 27.0 Å². The van der Waals surface area contributed by atoms with Crippen LogP contribution < -0.4 is 10.6 Å². The zero-order valence-electron chi connectivity index (χ0n) is 64.5. The molecule has 25 nitrogen and oxygen atoms in total. The van der Waals surface area contributed by atoms with Crippen molar-refractivity contribution in [3.63, 3.8) is 0 Å². The van der Waals surface area contributed by atoms with Gasteiger partial charge in [0.15, 0.2) is 23.1 Å². The number of ether oxygens (including phenoxy) is 3. The predicted molar refractivity (Wildman–Crippen MR) is 433 cm³/mol. The van der Waals surface area contributed by atoms with E-state index >= 15 is 8.78 Å². The van der Waals surface area contributed by atoms with E-state index < -0.39 is 34.8 Å². The number of urea groups is 2. The van der Waals surface area contributed by atoms with E-state index in [0.717, 1.165) is 44.3 Å². The van der Waals surface area contributed by atoms with Crippen LogP contribution in [0.3, 0.4) is 0 Å². The van der Waals surface area contributed by atoms with E-state index in [2.05, 4.69) is 20.6 Å². The number of halogens is 10. The minimum absolute atomic E-state index is 0. The number of amides is 6. The number of rotatable bonds is 4. The molecule has 0 spiro atoms. The van der Waals surface area contributed by atoms with Crippen molar-refractivity contribution in [2.45, 2.75) is 185 Å². The van der Waals surface area contributed by atoms with Crippen LogP contribution in [0, 0.1) is 11.6 Å². The van der Waals surface area contributed by atoms with Crippen LogP contribution in [0.2, 0.25) is 0 Å². The molecule has 17 heterocycles. The van der Waals surface area contributed by atoms with E-state index in [1.165, 1.54) is 46.9 Å². The topological polar surface area (TPSA) is 252 Å². The van der Waals surface area contributed by atoms with Gasteiger partial charge >= 0.3 is 22.8 Å². The number of pyridine rings is 2. The molecule has 11 aliphatic heterocycles. The minimum atomic E-state index is -2.77. The third-order valence-corrected chi connectivity index (χ3v) is 24.5. The maximum Gasteiger partial charge on any atom is 0.320 e. The Labute approximate surface area is 696 Å². The average Bonchev–Trinajstić information content (AvgIpc) is 1.58. The second-order valence-electron chi connectivity index (χ2n) is 32.1. The number of morpholine rings is 3. The number of hydrogen-bond acceptors (Lipinski definition) is 15. The lowest BCUT2D eigenvalue weighted by atomic mass is 9.98. The first-order valence-electron chi connectivity index (χ1n) is 40.1. The van der Waals surface area contributed by atoms with Crippen molar-refractivity contribution in [1.29, 1.82) is 0 Å². The van der Waals surface area contributed by atoms with Crippen LogP contribution >= 0.6 is 23.2 Å². The van der Waals surface area contributed by atoms with Crippen LogP contribution in [-0.2, 0) is 59.6 Å². The molecule has 6 aromatic heterocycles. The summed E-state index contributed by atoms with van der Waals surface area (Å²) in [6.45, 7) is 7.58. The summed E-state index contributed by atoms with van der Waals surface area (Å²) in [4.78, 5) is 119. The number of nitrogens with one attached hydrogen (secondary N) is 2. The van der Waals surface area contributed by atoms with Gasteiger partial charge < -0.3 is 63.4 Å². The van der Waals surface area contributed by atoms with Gasteiger partial charge in [0, 0.05) is 214 Å². The summed E-state index contributed by atoms with van der Waals surface area (Å²) in [7, 11) is 0. The summed E-state index contributed by atoms with van der Waals surface area (Å²) in [5, 5.41) is 6.25. The maximum absolute atomic E-state index is 15.1. The van der Waals surface area contributed by atoms with Crippen molar-refractivity contribution < 1.29 is 87.7 Å². The summed E-state index contributed by atoms with van der Waals surface area (Å²) in [5.74, 6) is -9.97. The fraction of sp³-hybridized carbons (Fsp3) is 0.506. The highest BCUT2D eigenvalue weighted by molar-refractivity contribution is 6.63. The molecule has 642 valence electrons. The van der Waals surface area contributed by atoms with Crippen LogP contribution in [0.1, 0.15) is 138 Å². The molecule has 2 N–H and O–H groups in total. The molecule has 6 atom stereocenters. The zero-order valence-corrected chi connectivity index (χ0v) is 66.0. The molecule has 0 radical (unpaired) electrons. The lowest BCUT2D eigenvalue weighted by molar-refractivity contribution is -0.121. The van der Waals surface area contributed by atoms with Crippen molar-refractivity contribution in [1.82, 2.24) is 67.9 Å². The van der Waals surface area contributed by atoms with Gasteiger partial charge in [-0.2, -0.15) is 0 Å². The van der Waals surface area contributed by atoms with Gasteiger partial charge in [0.05, 0.1) is 95.4 Å². The molecule has 0 saturated carbocycles. The van der Waals surface area contributed by atoms with Crippen LogP contribution in [0.4, 0.5) is 54.3 Å². The molecule has 6 unspecified atom stereocenters. The summed E-state index contributed by atoms with van der Waals surface area (Å²) in [6, 6.07) is 16.2. The van der Waals surface area contributed by atoms with Crippen molar-refractivity contribution >= 4 is 125 Å². The number of benzene rings is 2. The Morgan fingerprint density at radius 1 is 0.433 bits per heavy atom. The molecule has 35 heteroatoms. The Kier molecular flexibility index (Phi) is 25.9. The normalized spacial score (nSPS) is 24.3. The molecule has 2 aliphatic carbocycles. The fourth-order valence-corrected chi connectivity index (χ4v) is 18.4. The Morgan fingerprint density at radius 2 is 0.808 bits per heavy atom. The van der Waals surface area contributed by atoms with E-state index in [1.54, 1.807) is 54.4 Å². The van der Waals surface area contributed by atoms with Gasteiger partial charge in [-0.3, -0.25) is 37.6 Å². The number of piperidine rings is 3. The summed E-state index contributed by atoms with van der Waals surface area (Å²) < 4.78 is 131. The Hall–Kier alpha value is -9.64. The minimum Gasteiger partial charge on any atom is -0.372 e. The molecular weight excluding hydrogens is 1620 g/mol. The third-order valence-electron chi connectivity index (χ3n) is 24.0. The molecular formula is C85H96Cl2F8N14O11. The standard InChI is InChI=1S/C30H26FN5O4.C29H24F3N5O3.C7H10ClNO2.C6H8ClF2NO.C6H11NO.C5H9F2N.2CH4/c31-18-9-17-13-34(30(39)35-14-19-4-5-20(15-35)40-19)8-7-33-16-22(21(10-18)29(17)33)27-24(37)11-25(38)28(27)23-12-32-26-3-1-2-6-36(23)26;30-18-11-17-15-36(28(40)34-7-4-29(31,32)5-8-34)10-9-35-16-20(19(12-18)27(17)35)25-22(38)13-23(39)26(25)21-14-33-24-3-1-2-6-37(21)24;8-7(10)9-3-5-1-2-6(4-9)11-5;7-5(11)10-3-1-6(8,9)2-4-10;1-2-6-4-7-3-5(1)8-6;6-5(7)1-3-8-4-2-5;;/h1-3,6,9-10,12,16,19-20H,4-5,7-8,11,13-15H2;1-3,6,11-12,14,16H,4-5,7-10,13,15H2;5-6H,1-4H2;1-4H2;5-7H,1-4H2;8H,1-4H2;2*1H4. The first-order chi connectivity index (χ1) is 56.6. The number of allylic oxidation sites excluding steroid dienone is 4. The highest BCUT2D eigenvalue weighted by Gasteiger charge is 2.44. The number of nitrogens with zero attached hydrogens (tertiary/aromatic N) is 12. The monoisotopic (exact) mass is 1710 g/mol. The molecule has 6 amide bonds. The second kappa shape index (κ2) is 35.8. The van der Waals surface area contributed by atoms with Gasteiger partial charge in [-0.25, -0.2) is 54.7 Å². The molecule has 9 saturated heterocycles. The molecule has 8 aromatic rings. The lowest BCUT2D eigenvalue weighted by Gasteiger charge is -2.35. The molecule has 9 fully saturated rings. The maximum atomic E-state index is 15.1. The zero-order chi connectivity index (χ0) is 82.6. The SMILES string of the molecule is C.C.C1CC2CNCC1O2.FC1(F)CCNCC1.O=C(Cl)N1CC2CCC(C1)O2.O=C(Cl)N1CCC(F)(F)CC1.O=C1CC(=O)C(c2cnc3ccccn23)=C1c1cn2c3c(cc(F)cc13)CN(C(=O)N1CC3CCC(C1)O3)CC2.O=C1CC(=O)C(c2cnc3ccccn23)=C1c1cn2c3c(cc(F)cc13)CN(C(=O)N1CCC(F)(F)CC1)CC2. The molecule has 120 heavy (non-hydrogen) atoms. The summed E-state index contributed by atoms with van der Waals surface area (Å²) >= 11 is 10.4. The first-order valence-corrected chi connectivity index (χ1v) is 40.9. The number of ketones is 4. The Morgan fingerprint density at radius 3 is 1.21 bits per heavy atom. The lowest BCUT2D eigenvalue weighted by Crippen LogP contribution is -2.51. The number of aromatic nitrogens is 6. The van der Waals surface area contributed by atoms with E-state index in [9.17, 15) is 64.7 Å². The van der Waals surface area contributed by atoms with Crippen molar-refractivity contribution in [2.75, 3.05) is 91.6 Å². The third kappa shape index (κ3) is 18.6. The number of hydrogen-bond donors (Lipinski definition) is 2. The van der Waals surface area contributed by atoms with Crippen molar-refractivity contribution in [3.05, 3.63) is 143 Å². The predicted octanol–water partition coefficient (Wildman–Crippen LogP) is 13.9. The molecule has 21 rings (SSSR count). The highest BCUT2D eigenvalue weighted by Crippen LogP contribution is 2.45. The fourth-order valence-electron chi connectivity index (χ4n) is 18.1. The van der Waals surface area contributed by atoms with Gasteiger partial charge in [0.25, 0.3) is 17.8 Å². The van der Waals surface area contributed by atoms with Gasteiger partial charge in [-0.15, -0.1) is 0 Å². The van der Waals surface area contributed by atoms with Gasteiger partial charge in [0.2, 0.25) is 0 Å². The van der Waals surface area contributed by atoms with E-state index in [1.807, 2.05) is 56.8 Å². The second-order valence-corrected chi connectivity index (χ2v) is 32.8. The van der Waals surface area contributed by atoms with Crippen LogP contribution in [-0.4, -0.2) is 249 Å².